The molecule has 0 bridgehead atoms. The van der Waals surface area contributed by atoms with Crippen LogP contribution in [0.2, 0.25) is 0 Å². The summed E-state index contributed by atoms with van der Waals surface area (Å²) in [5.41, 5.74) is 7.23. The minimum Gasteiger partial charge on any atom is -0.441 e. The molecule has 1 aliphatic rings. The molecule has 0 amide bonds. The summed E-state index contributed by atoms with van der Waals surface area (Å²) >= 11 is 1.37. The second kappa shape index (κ2) is 11.0. The number of carbonyl (C=O) groups is 1. The summed E-state index contributed by atoms with van der Waals surface area (Å²) in [5.74, 6) is -0.328. The third-order valence-electron chi connectivity index (χ3n) is 8.26. The minimum atomic E-state index is -1.05. The van der Waals surface area contributed by atoms with E-state index in [-0.39, 0.29) is 5.97 Å². The van der Waals surface area contributed by atoms with Crippen molar-refractivity contribution >= 4 is 39.1 Å². The summed E-state index contributed by atoms with van der Waals surface area (Å²) in [5, 5.41) is 4.35. The summed E-state index contributed by atoms with van der Waals surface area (Å²) in [6.07, 6.45) is 0. The maximum atomic E-state index is 13.7. The number of carbonyl (C=O) groups excluding carboxylic acids is 1. The SMILES string of the molecule is CCN(CC)c1ccc(C2(c3ccc(N(CC)CC)cc3)OC(=O)c3cc(-c4cccc5snnc45)ccc32)cc1. The maximum absolute atomic E-state index is 13.7. The van der Waals surface area contributed by atoms with Crippen LogP contribution >= 0.6 is 11.5 Å². The molecule has 0 N–H and O–H groups in total. The van der Waals surface area contributed by atoms with Crippen LogP contribution < -0.4 is 9.80 Å². The highest BCUT2D eigenvalue weighted by atomic mass is 32.1. The number of ether oxygens (including phenoxy) is 1. The Morgan fingerprint density at radius 1 is 0.732 bits per heavy atom. The van der Waals surface area contributed by atoms with Gasteiger partial charge in [0.25, 0.3) is 0 Å². The average molecular weight is 563 g/mol. The number of benzene rings is 4. The third-order valence-corrected chi connectivity index (χ3v) is 8.95. The molecule has 0 atom stereocenters. The van der Waals surface area contributed by atoms with Gasteiger partial charge < -0.3 is 14.5 Å². The maximum Gasteiger partial charge on any atom is 0.340 e. The first-order valence-corrected chi connectivity index (χ1v) is 15.1. The van der Waals surface area contributed by atoms with Gasteiger partial charge >= 0.3 is 5.97 Å². The first-order chi connectivity index (χ1) is 20.0. The summed E-state index contributed by atoms with van der Waals surface area (Å²) in [6, 6.07) is 29.0. The van der Waals surface area contributed by atoms with Crippen LogP contribution in [0.15, 0.2) is 84.9 Å². The summed E-state index contributed by atoms with van der Waals surface area (Å²) < 4.78 is 11.6. The highest BCUT2D eigenvalue weighted by molar-refractivity contribution is 7.13. The van der Waals surface area contributed by atoms with E-state index in [1.165, 1.54) is 11.5 Å². The van der Waals surface area contributed by atoms with Crippen molar-refractivity contribution in [2.45, 2.75) is 33.3 Å². The van der Waals surface area contributed by atoms with Crippen LogP contribution in [0.25, 0.3) is 21.3 Å². The lowest BCUT2D eigenvalue weighted by molar-refractivity contribution is 0.0251. The molecule has 0 unspecified atom stereocenters. The predicted molar refractivity (Wildman–Crippen MR) is 168 cm³/mol. The molecule has 4 aromatic carbocycles. The molecule has 1 aliphatic heterocycles. The second-order valence-corrected chi connectivity index (χ2v) is 11.0. The smallest absolute Gasteiger partial charge is 0.340 e. The number of fused-ring (bicyclic) bond motifs is 2. The molecule has 0 spiro atoms. The number of anilines is 2. The molecule has 7 heteroatoms. The molecular weight excluding hydrogens is 528 g/mol. The number of nitrogens with zero attached hydrogens (tertiary/aromatic N) is 4. The Morgan fingerprint density at radius 2 is 1.32 bits per heavy atom. The van der Waals surface area contributed by atoms with E-state index >= 15 is 0 Å². The Morgan fingerprint density at radius 3 is 1.88 bits per heavy atom. The third kappa shape index (κ3) is 4.45. The fraction of sp³-hybridized carbons (Fsp3) is 0.265. The Hall–Kier alpha value is -4.23. The Balaban J connectivity index is 1.51. The molecule has 1 aromatic heterocycles. The number of hydrogen-bond donors (Lipinski definition) is 0. The highest BCUT2D eigenvalue weighted by Crippen LogP contribution is 2.48. The van der Waals surface area contributed by atoms with Gasteiger partial charge in [-0.3, -0.25) is 0 Å². The van der Waals surface area contributed by atoms with Crippen molar-refractivity contribution in [3.8, 4) is 11.1 Å². The largest absolute Gasteiger partial charge is 0.441 e. The Labute approximate surface area is 245 Å². The fourth-order valence-corrected chi connectivity index (χ4v) is 6.65. The Bertz CT molecular complexity index is 1630. The highest BCUT2D eigenvalue weighted by Gasteiger charge is 2.48. The van der Waals surface area contributed by atoms with E-state index in [4.69, 9.17) is 4.74 Å². The average Bonchev–Trinajstić information content (AvgIpc) is 3.62. The van der Waals surface area contributed by atoms with E-state index in [1.807, 2.05) is 30.3 Å². The molecule has 5 aromatic rings. The van der Waals surface area contributed by atoms with Gasteiger partial charge in [0.15, 0.2) is 5.60 Å². The van der Waals surface area contributed by atoms with Gasteiger partial charge in [-0.05, 0) is 81.2 Å². The second-order valence-electron chi connectivity index (χ2n) is 10.2. The van der Waals surface area contributed by atoms with E-state index in [2.05, 4.69) is 102 Å². The number of aromatic nitrogens is 2. The number of cyclic esters (lactones) is 1. The molecule has 2 heterocycles. The molecule has 0 fully saturated rings. The van der Waals surface area contributed by atoms with Crippen LogP contribution in [0.1, 0.15) is 54.7 Å². The van der Waals surface area contributed by atoms with Crippen molar-refractivity contribution in [2.24, 2.45) is 0 Å². The first-order valence-electron chi connectivity index (χ1n) is 14.3. The van der Waals surface area contributed by atoms with Crippen molar-refractivity contribution in [1.82, 2.24) is 9.59 Å². The summed E-state index contributed by atoms with van der Waals surface area (Å²) in [4.78, 5) is 18.3. The molecule has 0 radical (unpaired) electrons. The first kappa shape index (κ1) is 27.0. The van der Waals surface area contributed by atoms with Crippen LogP contribution in [0.5, 0.6) is 0 Å². The minimum absolute atomic E-state index is 0.328. The zero-order valence-corrected chi connectivity index (χ0v) is 24.7. The van der Waals surface area contributed by atoms with Crippen LogP contribution in [-0.4, -0.2) is 41.7 Å². The summed E-state index contributed by atoms with van der Waals surface area (Å²) in [7, 11) is 0. The quantitative estimate of drug-likeness (QED) is 0.173. The molecule has 0 aliphatic carbocycles. The van der Waals surface area contributed by atoms with Crippen molar-refractivity contribution < 1.29 is 9.53 Å². The lowest BCUT2D eigenvalue weighted by atomic mass is 9.79. The number of hydrogen-bond acceptors (Lipinski definition) is 7. The van der Waals surface area contributed by atoms with Gasteiger partial charge in [-0.1, -0.05) is 53.0 Å². The predicted octanol–water partition coefficient (Wildman–Crippen LogP) is 7.51. The zero-order valence-electron chi connectivity index (χ0n) is 23.9. The van der Waals surface area contributed by atoms with Crippen molar-refractivity contribution in [3.05, 3.63) is 107 Å². The molecule has 6 rings (SSSR count). The lowest BCUT2D eigenvalue weighted by Gasteiger charge is -2.32. The molecule has 41 heavy (non-hydrogen) atoms. The van der Waals surface area contributed by atoms with Crippen LogP contribution in [0.3, 0.4) is 0 Å². The van der Waals surface area contributed by atoms with Gasteiger partial charge in [0.1, 0.15) is 5.52 Å². The normalized spacial score (nSPS) is 13.7. The van der Waals surface area contributed by atoms with E-state index in [9.17, 15) is 4.79 Å². The van der Waals surface area contributed by atoms with Crippen molar-refractivity contribution in [1.29, 1.82) is 0 Å². The van der Waals surface area contributed by atoms with Crippen LogP contribution in [0, 0.1) is 0 Å². The fourth-order valence-electron chi connectivity index (χ4n) is 6.06. The zero-order chi connectivity index (χ0) is 28.6. The van der Waals surface area contributed by atoms with E-state index in [0.29, 0.717) is 5.56 Å². The topological polar surface area (TPSA) is 58.6 Å². The lowest BCUT2D eigenvalue weighted by Crippen LogP contribution is -2.30. The molecule has 0 saturated heterocycles. The van der Waals surface area contributed by atoms with E-state index in [0.717, 1.165) is 75.6 Å². The molecule has 208 valence electrons. The molecular formula is C34H34N4O2S. The van der Waals surface area contributed by atoms with E-state index < -0.39 is 5.60 Å². The standard InChI is InChI=1S/C34H34N4O2S/c1-5-37(6-2)26-17-13-24(14-18-26)34(25-15-19-27(20-16-25)38(7-3)8-4)30-21-12-23(22-29(30)33(39)40-34)28-10-9-11-31-32(28)35-36-41-31/h9-22H,5-8H2,1-4H3. The number of esters is 1. The number of rotatable bonds is 9. The molecule has 6 nitrogen and oxygen atoms in total. The van der Waals surface area contributed by atoms with Gasteiger partial charge in [0, 0.05) is 59.8 Å². The van der Waals surface area contributed by atoms with Gasteiger partial charge in [-0.2, -0.15) is 0 Å². The molecule has 0 saturated carbocycles. The van der Waals surface area contributed by atoms with Gasteiger partial charge in [0.05, 0.1) is 10.3 Å². The van der Waals surface area contributed by atoms with Crippen molar-refractivity contribution in [3.63, 3.8) is 0 Å². The van der Waals surface area contributed by atoms with Gasteiger partial charge in [-0.15, -0.1) is 5.10 Å². The van der Waals surface area contributed by atoms with Crippen LogP contribution in [-0.2, 0) is 10.3 Å². The summed E-state index contributed by atoms with van der Waals surface area (Å²) in [6.45, 7) is 12.3. The van der Waals surface area contributed by atoms with Gasteiger partial charge in [-0.25, -0.2) is 4.79 Å². The Kier molecular flexibility index (Phi) is 7.22. The van der Waals surface area contributed by atoms with Gasteiger partial charge in [0.2, 0.25) is 0 Å². The monoisotopic (exact) mass is 562 g/mol. The van der Waals surface area contributed by atoms with Crippen molar-refractivity contribution in [2.75, 3.05) is 36.0 Å². The van der Waals surface area contributed by atoms with E-state index in [1.54, 1.807) is 0 Å². The van der Waals surface area contributed by atoms with Crippen LogP contribution in [0.4, 0.5) is 11.4 Å².